The summed E-state index contributed by atoms with van der Waals surface area (Å²) in [5.41, 5.74) is 1.62. The third-order valence-electron chi connectivity index (χ3n) is 8.44. The SMILES string of the molecule is CC1=CCC[C@H]2[C@]3(C)CC4=CC(=O)C=C[C@@]4(O)[C@]3(C)CC[C@]12C. The number of carbonyl (C=O) groups is 1. The molecule has 0 aromatic rings. The van der Waals surface area contributed by atoms with Crippen molar-refractivity contribution in [1.82, 2.24) is 0 Å². The highest BCUT2D eigenvalue weighted by Crippen LogP contribution is 2.74. The number of allylic oxidation sites excluding steroid dienone is 4. The summed E-state index contributed by atoms with van der Waals surface area (Å²) < 4.78 is 0. The van der Waals surface area contributed by atoms with Gasteiger partial charge in [-0.05, 0) is 79.6 Å². The Morgan fingerprint density at radius 1 is 1.22 bits per heavy atom. The second-order valence-corrected chi connectivity index (χ2v) is 9.03. The minimum Gasteiger partial charge on any atom is -0.381 e. The Morgan fingerprint density at radius 3 is 2.70 bits per heavy atom. The number of ketones is 1. The molecule has 4 aliphatic carbocycles. The van der Waals surface area contributed by atoms with E-state index < -0.39 is 5.60 Å². The van der Waals surface area contributed by atoms with E-state index in [-0.39, 0.29) is 22.0 Å². The maximum Gasteiger partial charge on any atom is 0.178 e. The quantitative estimate of drug-likeness (QED) is 0.675. The van der Waals surface area contributed by atoms with Gasteiger partial charge in [0.25, 0.3) is 0 Å². The average molecular weight is 312 g/mol. The van der Waals surface area contributed by atoms with Crippen molar-refractivity contribution in [2.24, 2.45) is 22.2 Å². The van der Waals surface area contributed by atoms with E-state index in [0.717, 1.165) is 31.3 Å². The van der Waals surface area contributed by atoms with E-state index in [9.17, 15) is 9.90 Å². The molecular weight excluding hydrogens is 284 g/mol. The Labute approximate surface area is 139 Å². The van der Waals surface area contributed by atoms with Gasteiger partial charge in [0.1, 0.15) is 5.60 Å². The molecule has 5 atom stereocenters. The van der Waals surface area contributed by atoms with Gasteiger partial charge in [-0.25, -0.2) is 0 Å². The molecule has 0 aliphatic heterocycles. The zero-order valence-electron chi connectivity index (χ0n) is 14.8. The highest BCUT2D eigenvalue weighted by atomic mass is 16.3. The highest BCUT2D eigenvalue weighted by molar-refractivity contribution is 6.01. The van der Waals surface area contributed by atoms with Gasteiger partial charge in [-0.15, -0.1) is 0 Å². The highest BCUT2D eigenvalue weighted by Gasteiger charge is 2.70. The molecule has 1 N–H and O–H groups in total. The number of fused-ring (bicyclic) bond motifs is 5. The molecule has 23 heavy (non-hydrogen) atoms. The van der Waals surface area contributed by atoms with E-state index >= 15 is 0 Å². The summed E-state index contributed by atoms with van der Waals surface area (Å²) in [6, 6.07) is 0. The Balaban J connectivity index is 1.89. The second-order valence-electron chi connectivity index (χ2n) is 9.03. The van der Waals surface area contributed by atoms with Gasteiger partial charge in [0.05, 0.1) is 0 Å². The van der Waals surface area contributed by atoms with Crippen LogP contribution in [0.3, 0.4) is 0 Å². The molecule has 2 saturated carbocycles. The lowest BCUT2D eigenvalue weighted by atomic mass is 9.42. The van der Waals surface area contributed by atoms with Crippen LogP contribution < -0.4 is 0 Å². The van der Waals surface area contributed by atoms with Gasteiger partial charge < -0.3 is 5.11 Å². The van der Waals surface area contributed by atoms with Crippen LogP contribution in [0.2, 0.25) is 0 Å². The van der Waals surface area contributed by atoms with Crippen LogP contribution in [0.1, 0.15) is 59.8 Å². The lowest BCUT2D eigenvalue weighted by Gasteiger charge is -2.62. The van der Waals surface area contributed by atoms with Gasteiger partial charge in [-0.1, -0.05) is 32.4 Å². The molecule has 4 aliphatic rings. The van der Waals surface area contributed by atoms with Crippen LogP contribution in [-0.4, -0.2) is 16.5 Å². The molecule has 0 aromatic heterocycles. The van der Waals surface area contributed by atoms with E-state index in [0.29, 0.717) is 5.92 Å². The predicted molar refractivity (Wildman–Crippen MR) is 91.8 cm³/mol. The maximum atomic E-state index is 11.9. The normalized spacial score (nSPS) is 51.5. The lowest BCUT2D eigenvalue weighted by Crippen LogP contribution is -2.58. The fraction of sp³-hybridized carbons (Fsp3) is 0.667. The maximum absolute atomic E-state index is 11.9. The third kappa shape index (κ3) is 1.56. The van der Waals surface area contributed by atoms with Crippen molar-refractivity contribution < 1.29 is 9.90 Å². The largest absolute Gasteiger partial charge is 0.381 e. The Kier molecular flexibility index (Phi) is 2.86. The molecule has 124 valence electrons. The summed E-state index contributed by atoms with van der Waals surface area (Å²) in [6.45, 7) is 9.36. The van der Waals surface area contributed by atoms with Crippen LogP contribution in [-0.2, 0) is 4.79 Å². The molecule has 4 rings (SSSR count). The summed E-state index contributed by atoms with van der Waals surface area (Å²) in [7, 11) is 0. The zero-order chi connectivity index (χ0) is 16.7. The summed E-state index contributed by atoms with van der Waals surface area (Å²) >= 11 is 0. The standard InChI is InChI=1S/C21H28O2/c1-14-6-5-7-17-18(14,2)10-11-20(4)19(17,3)13-15-12-16(22)8-9-21(15,20)23/h6,8-9,12,17,23H,5,7,10-11,13H2,1-4H3/t17-,18-,19+,20-,21+/m1/s1. The van der Waals surface area contributed by atoms with Crippen molar-refractivity contribution in [3.8, 4) is 0 Å². The fourth-order valence-electron chi connectivity index (χ4n) is 6.57. The molecule has 0 radical (unpaired) electrons. The minimum atomic E-state index is -0.938. The number of hydrogen-bond donors (Lipinski definition) is 1. The van der Waals surface area contributed by atoms with Crippen molar-refractivity contribution in [3.05, 3.63) is 35.5 Å². The minimum absolute atomic E-state index is 0.0259. The Morgan fingerprint density at radius 2 is 1.96 bits per heavy atom. The van der Waals surface area contributed by atoms with Crippen LogP contribution in [0.25, 0.3) is 0 Å². The first-order valence-electron chi connectivity index (χ1n) is 9.01. The van der Waals surface area contributed by atoms with Gasteiger partial charge in [0.15, 0.2) is 5.78 Å². The molecule has 2 nitrogen and oxygen atoms in total. The molecule has 2 heteroatoms. The summed E-state index contributed by atoms with van der Waals surface area (Å²) in [4.78, 5) is 11.9. The molecule has 2 fully saturated rings. The van der Waals surface area contributed by atoms with Crippen molar-refractivity contribution in [3.63, 3.8) is 0 Å². The molecule has 0 spiro atoms. The first-order chi connectivity index (χ1) is 10.7. The summed E-state index contributed by atoms with van der Waals surface area (Å²) in [5, 5.41) is 11.6. The van der Waals surface area contributed by atoms with E-state index in [2.05, 4.69) is 33.8 Å². The molecular formula is C21H28O2. The van der Waals surface area contributed by atoms with Gasteiger partial charge in [-0.2, -0.15) is 0 Å². The van der Waals surface area contributed by atoms with Crippen LogP contribution in [0.4, 0.5) is 0 Å². The van der Waals surface area contributed by atoms with E-state index in [1.807, 2.05) is 0 Å². The average Bonchev–Trinajstić information content (AvgIpc) is 2.67. The zero-order valence-corrected chi connectivity index (χ0v) is 14.8. The number of carbonyl (C=O) groups excluding carboxylic acids is 1. The van der Waals surface area contributed by atoms with Crippen LogP contribution >= 0.6 is 0 Å². The smallest absolute Gasteiger partial charge is 0.178 e. The topological polar surface area (TPSA) is 37.3 Å². The van der Waals surface area contributed by atoms with Crippen molar-refractivity contribution in [2.45, 2.75) is 65.4 Å². The predicted octanol–water partition coefficient (Wildman–Crippen LogP) is 4.36. The fourth-order valence-corrected chi connectivity index (χ4v) is 6.57. The van der Waals surface area contributed by atoms with Gasteiger partial charge in [0.2, 0.25) is 0 Å². The first kappa shape index (κ1) is 15.4. The molecule has 0 aromatic carbocycles. The van der Waals surface area contributed by atoms with Gasteiger partial charge in [-0.3, -0.25) is 4.79 Å². The van der Waals surface area contributed by atoms with Crippen molar-refractivity contribution >= 4 is 5.78 Å². The summed E-state index contributed by atoms with van der Waals surface area (Å²) in [5.74, 6) is 0.593. The van der Waals surface area contributed by atoms with Crippen molar-refractivity contribution in [1.29, 1.82) is 0 Å². The number of aliphatic hydroxyl groups is 1. The third-order valence-corrected chi connectivity index (χ3v) is 8.44. The monoisotopic (exact) mass is 312 g/mol. The number of rotatable bonds is 0. The molecule has 0 heterocycles. The first-order valence-corrected chi connectivity index (χ1v) is 9.01. The van der Waals surface area contributed by atoms with Crippen LogP contribution in [0.15, 0.2) is 35.5 Å². The molecule has 0 unspecified atom stereocenters. The molecule has 0 amide bonds. The molecule has 0 saturated heterocycles. The molecule has 0 bridgehead atoms. The Hall–Kier alpha value is -1.15. The van der Waals surface area contributed by atoms with Crippen LogP contribution in [0.5, 0.6) is 0 Å². The van der Waals surface area contributed by atoms with Crippen molar-refractivity contribution in [2.75, 3.05) is 0 Å². The lowest BCUT2D eigenvalue weighted by molar-refractivity contribution is -0.142. The van der Waals surface area contributed by atoms with Crippen LogP contribution in [0, 0.1) is 22.2 Å². The number of hydrogen-bond acceptors (Lipinski definition) is 2. The van der Waals surface area contributed by atoms with E-state index in [4.69, 9.17) is 0 Å². The van der Waals surface area contributed by atoms with Gasteiger partial charge >= 0.3 is 0 Å². The van der Waals surface area contributed by atoms with E-state index in [1.165, 1.54) is 12.0 Å². The second kappa shape index (κ2) is 4.27. The summed E-state index contributed by atoms with van der Waals surface area (Å²) in [6.07, 6.45) is 12.8. The Bertz CT molecular complexity index is 684. The van der Waals surface area contributed by atoms with Gasteiger partial charge in [0, 0.05) is 5.41 Å². The van der Waals surface area contributed by atoms with E-state index in [1.54, 1.807) is 18.2 Å².